The molecule has 17 heteroatoms. The van der Waals surface area contributed by atoms with E-state index in [4.69, 9.17) is 28.1 Å². The van der Waals surface area contributed by atoms with Gasteiger partial charge in [-0.15, -0.1) is 0 Å². The molecule has 10 atom stereocenters. The molecule has 62 heavy (non-hydrogen) atoms. The number of ether oxygens (including phenoxy) is 5. The van der Waals surface area contributed by atoms with Gasteiger partial charge < -0.3 is 48.7 Å². The summed E-state index contributed by atoms with van der Waals surface area (Å²) in [5.41, 5.74) is -5.05. The first kappa shape index (κ1) is 48.6. The number of amides is 1. The Kier molecular flexibility index (Phi) is 16.0. The van der Waals surface area contributed by atoms with E-state index >= 15 is 4.79 Å². The van der Waals surface area contributed by atoms with Crippen molar-refractivity contribution in [3.63, 3.8) is 0 Å². The number of hydrogen-bond donors (Lipinski definition) is 4. The quantitative estimate of drug-likeness (QED) is 0.0721. The van der Waals surface area contributed by atoms with Gasteiger partial charge in [0.25, 0.3) is 5.24 Å². The van der Waals surface area contributed by atoms with Crippen LogP contribution in [-0.4, -0.2) is 118 Å². The van der Waals surface area contributed by atoms with Crippen LogP contribution < -0.4 is 5.32 Å². The van der Waals surface area contributed by atoms with Gasteiger partial charge in [-0.25, -0.2) is 9.59 Å². The van der Waals surface area contributed by atoms with Crippen LogP contribution in [0.1, 0.15) is 103 Å². The first-order valence-corrected chi connectivity index (χ1v) is 21.9. The van der Waals surface area contributed by atoms with Crippen molar-refractivity contribution >= 4 is 46.5 Å². The maximum absolute atomic E-state index is 15.4. The maximum Gasteiger partial charge on any atom is 0.338 e. The summed E-state index contributed by atoms with van der Waals surface area (Å²) in [5.74, 6) is -4.30. The van der Waals surface area contributed by atoms with E-state index in [9.17, 15) is 39.3 Å². The number of fused-ring (bicyclic) bond motifs is 3. The molecule has 1 amide bonds. The van der Waals surface area contributed by atoms with Crippen LogP contribution in [0.2, 0.25) is 0 Å². The molecule has 1 aromatic heterocycles. The van der Waals surface area contributed by atoms with Crippen LogP contribution in [0.5, 0.6) is 0 Å². The van der Waals surface area contributed by atoms with Gasteiger partial charge in [0.15, 0.2) is 17.7 Å². The van der Waals surface area contributed by atoms with Crippen LogP contribution in [0.4, 0.5) is 4.79 Å². The number of carbonyl (C=O) groups excluding carboxylic acids is 6. The second-order valence-corrected chi connectivity index (χ2v) is 18.1. The summed E-state index contributed by atoms with van der Waals surface area (Å²) in [6.07, 6.45) is -6.51. The first-order chi connectivity index (χ1) is 29.3. The average molecular weight is 886 g/mol. The zero-order valence-electron chi connectivity index (χ0n) is 36.3. The molecule has 2 bridgehead atoms. The van der Waals surface area contributed by atoms with Crippen LogP contribution in [0, 0.1) is 16.7 Å². The normalized spacial score (nSPS) is 29.0. The number of carbonyl (C=O) groups is 6. The fraction of sp³-hybridized carbons (Fsp3) is 0.600. The average Bonchev–Trinajstić information content (AvgIpc) is 3.76. The van der Waals surface area contributed by atoms with E-state index in [1.54, 1.807) is 39.0 Å². The Morgan fingerprint density at radius 2 is 1.69 bits per heavy atom. The summed E-state index contributed by atoms with van der Waals surface area (Å²) in [4.78, 5) is 80.5. The number of thioether (sulfide) groups is 1. The molecule has 3 aliphatic rings. The van der Waals surface area contributed by atoms with Crippen LogP contribution in [0.15, 0.2) is 64.3 Å². The summed E-state index contributed by atoms with van der Waals surface area (Å²) in [6, 6.07) is 9.63. The lowest BCUT2D eigenvalue weighted by atomic mass is 9.48. The van der Waals surface area contributed by atoms with Gasteiger partial charge in [0.05, 0.1) is 36.1 Å². The number of unbranched alkanes of at least 4 members (excludes halogenated alkanes) is 1. The minimum atomic E-state index is -2.23. The highest BCUT2D eigenvalue weighted by Crippen LogP contribution is 2.60. The third-order valence-corrected chi connectivity index (χ3v) is 13.5. The summed E-state index contributed by atoms with van der Waals surface area (Å²) < 4.78 is 35.2. The Bertz CT molecular complexity index is 1970. The number of aliphatic hydroxyl groups is 3. The van der Waals surface area contributed by atoms with E-state index in [0.717, 1.165) is 24.6 Å². The van der Waals surface area contributed by atoms with Crippen LogP contribution in [-0.2, 0) is 42.9 Å². The number of aliphatic hydroxyl groups excluding tert-OH is 2. The minimum Gasteiger partial charge on any atom is -0.467 e. The van der Waals surface area contributed by atoms with E-state index in [1.165, 1.54) is 51.3 Å². The Hall–Kier alpha value is -4.39. The molecule has 340 valence electrons. The Balaban J connectivity index is 1.63. The number of esters is 3. The monoisotopic (exact) mass is 885 g/mol. The predicted octanol–water partition coefficient (Wildman–Crippen LogP) is 4.82. The predicted molar refractivity (Wildman–Crippen MR) is 224 cm³/mol. The lowest BCUT2D eigenvalue weighted by Gasteiger charge is -2.61. The van der Waals surface area contributed by atoms with Gasteiger partial charge in [0.2, 0.25) is 0 Å². The SMILES string of the molecule is CCCCSC(=O)N[C@@H](c1ccco1)[C@@H](O)C(=O)O[C@H]1C[C@@]2(O)[C@@H](OC(=O)c3ccccc3)[C@@H]3C[C@H](OCCOC(C)=O)C[C@H](O)[C@@]3(C)C(=O)[C@H](OCC(C)=O)C(=C1C)C2(C)C. The fourth-order valence-electron chi connectivity index (χ4n) is 9.05. The van der Waals surface area contributed by atoms with Crippen molar-refractivity contribution in [1.82, 2.24) is 5.32 Å². The zero-order chi connectivity index (χ0) is 45.6. The summed E-state index contributed by atoms with van der Waals surface area (Å²) in [5, 5.41) is 39.3. The van der Waals surface area contributed by atoms with E-state index in [-0.39, 0.29) is 48.5 Å². The highest BCUT2D eigenvalue weighted by atomic mass is 32.2. The molecule has 2 fully saturated rings. The first-order valence-electron chi connectivity index (χ1n) is 20.9. The fourth-order valence-corrected chi connectivity index (χ4v) is 9.88. The number of ketones is 2. The van der Waals surface area contributed by atoms with Crippen molar-refractivity contribution in [2.45, 2.75) is 129 Å². The van der Waals surface area contributed by atoms with Crippen molar-refractivity contribution in [2.24, 2.45) is 16.7 Å². The molecule has 1 heterocycles. The molecule has 2 aromatic rings. The van der Waals surface area contributed by atoms with E-state index < -0.39 is 113 Å². The summed E-state index contributed by atoms with van der Waals surface area (Å²) >= 11 is 0.979. The third-order valence-electron chi connectivity index (χ3n) is 12.6. The number of benzene rings is 1. The number of hydrogen-bond acceptors (Lipinski definition) is 16. The molecule has 5 rings (SSSR count). The number of Topliss-reactive ketones (excluding diaryl/α,β-unsaturated/α-hetero) is 2. The summed E-state index contributed by atoms with van der Waals surface area (Å²) in [6.45, 7) is 10.2. The molecular formula is C45H59NO15S. The van der Waals surface area contributed by atoms with E-state index in [2.05, 4.69) is 5.32 Å². The van der Waals surface area contributed by atoms with Crippen molar-refractivity contribution in [3.8, 4) is 0 Å². The molecule has 4 N–H and O–H groups in total. The van der Waals surface area contributed by atoms with E-state index in [1.807, 2.05) is 6.92 Å². The van der Waals surface area contributed by atoms with Crippen molar-refractivity contribution in [3.05, 3.63) is 71.2 Å². The van der Waals surface area contributed by atoms with Crippen LogP contribution in [0.3, 0.4) is 0 Å². The van der Waals surface area contributed by atoms with Gasteiger partial charge in [-0.2, -0.15) is 0 Å². The second kappa shape index (κ2) is 20.4. The lowest BCUT2D eigenvalue weighted by molar-refractivity contribution is -0.232. The standard InChI is InChI=1S/C45H59NO15S/c1-8-9-20-62-42(54)46-35(31-16-13-17-58-31)36(50)41(53)60-32-23-45(55)39(61-40(52)28-14-11-10-12-15-28)30-21-29(57-19-18-56-27(4)48)22-33(49)44(30,7)38(51)37(59-24-25(2)47)34(26(32)3)43(45,5)6/h10-17,29-30,32-33,35-37,39,49-50,55H,8-9,18-24H2,1-7H3,(H,46,54)/t29-,30-,32-,33-,35-,36+,37+,39-,44-,45+/m0/s1. The van der Waals surface area contributed by atoms with Crippen molar-refractivity contribution in [1.29, 1.82) is 0 Å². The third kappa shape index (κ3) is 10.2. The van der Waals surface area contributed by atoms with E-state index in [0.29, 0.717) is 5.75 Å². The maximum atomic E-state index is 15.4. The molecule has 3 aliphatic carbocycles. The van der Waals surface area contributed by atoms with Gasteiger partial charge in [-0.3, -0.25) is 19.2 Å². The molecular weight excluding hydrogens is 827 g/mol. The Morgan fingerprint density at radius 3 is 2.32 bits per heavy atom. The van der Waals surface area contributed by atoms with Gasteiger partial charge in [-0.1, -0.05) is 57.2 Å². The molecule has 0 saturated heterocycles. The van der Waals surface area contributed by atoms with Crippen LogP contribution in [0.25, 0.3) is 0 Å². The minimum absolute atomic E-state index is 0.0497. The van der Waals surface area contributed by atoms with Crippen LogP contribution >= 0.6 is 11.8 Å². The van der Waals surface area contributed by atoms with Crippen molar-refractivity contribution in [2.75, 3.05) is 25.6 Å². The van der Waals surface area contributed by atoms with Crippen molar-refractivity contribution < 1.29 is 72.2 Å². The highest BCUT2D eigenvalue weighted by Gasteiger charge is 2.69. The molecule has 0 aliphatic heterocycles. The molecule has 0 spiro atoms. The molecule has 0 unspecified atom stereocenters. The molecule has 0 radical (unpaired) electrons. The molecule has 1 aromatic carbocycles. The number of rotatable bonds is 17. The molecule has 16 nitrogen and oxygen atoms in total. The van der Waals surface area contributed by atoms with Gasteiger partial charge in [0, 0.05) is 36.9 Å². The Labute approximate surface area is 365 Å². The number of furan rings is 1. The Morgan fingerprint density at radius 1 is 0.984 bits per heavy atom. The lowest BCUT2D eigenvalue weighted by Crippen LogP contribution is -2.71. The largest absolute Gasteiger partial charge is 0.467 e. The number of nitrogens with one attached hydrogen (secondary N) is 1. The van der Waals surface area contributed by atoms with Gasteiger partial charge >= 0.3 is 17.9 Å². The summed E-state index contributed by atoms with van der Waals surface area (Å²) in [7, 11) is 0. The topological polar surface area (TPSA) is 234 Å². The zero-order valence-corrected chi connectivity index (χ0v) is 37.1. The molecule has 2 saturated carbocycles. The highest BCUT2D eigenvalue weighted by molar-refractivity contribution is 8.13. The van der Waals surface area contributed by atoms with Gasteiger partial charge in [0.1, 0.15) is 48.9 Å². The smallest absolute Gasteiger partial charge is 0.338 e. The van der Waals surface area contributed by atoms with Gasteiger partial charge in [-0.05, 0) is 69.0 Å². The second-order valence-electron chi connectivity index (χ2n) is 17.0.